The first-order valence-electron chi connectivity index (χ1n) is 45.3. The molecule has 0 N–H and O–H groups in total. The van der Waals surface area contributed by atoms with E-state index in [4.69, 9.17) is 45.4 Å². The van der Waals surface area contributed by atoms with E-state index < -0.39 is 18.1 Å². The predicted octanol–water partition coefficient (Wildman–Crippen LogP) is 28.0. The van der Waals surface area contributed by atoms with Gasteiger partial charge in [-0.05, 0) is 168 Å². The second-order valence-corrected chi connectivity index (χ2v) is 48.3. The molecular weight excluding hydrogens is 2360 g/mol. The van der Waals surface area contributed by atoms with E-state index in [2.05, 4.69) is 462 Å². The number of thiophene rings is 1. The molecule has 6 nitrogen and oxygen atoms in total. The van der Waals surface area contributed by atoms with E-state index in [1.165, 1.54) is 102 Å². The zero-order chi connectivity index (χ0) is 90.8. The second-order valence-electron chi connectivity index (χ2n) is 34.0. The first-order valence-corrected chi connectivity index (χ1v) is 54.5. The quantitative estimate of drug-likeness (QED) is 0.0753. The zero-order valence-electron chi connectivity index (χ0n) is 74.3. The Morgan fingerprint density at radius 2 is 0.568 bits per heavy atom. The minimum absolute atomic E-state index is 0. The van der Waals surface area contributed by atoms with Gasteiger partial charge in [-0.3, -0.25) is 9.97 Å². The Hall–Kier alpha value is -13.1. The van der Waals surface area contributed by atoms with Crippen molar-refractivity contribution in [2.75, 3.05) is 0 Å². The van der Waals surface area contributed by atoms with Crippen molar-refractivity contribution in [3.63, 3.8) is 0 Å². The number of hydrogen-bond donors (Lipinski definition) is 0. The summed E-state index contributed by atoms with van der Waals surface area (Å²) in [4.78, 5) is 14.7. The molecule has 0 aliphatic carbocycles. The van der Waals surface area contributed by atoms with Crippen LogP contribution in [0, 0.1) is 18.2 Å². The summed E-state index contributed by atoms with van der Waals surface area (Å²) in [7, 11) is 0. The van der Waals surface area contributed by atoms with Gasteiger partial charge >= 0.3 is 0 Å². The van der Waals surface area contributed by atoms with Gasteiger partial charge in [-0.15, -0.1) is 101 Å². The van der Waals surface area contributed by atoms with Crippen LogP contribution in [-0.2, 0) is 95.7 Å². The smallest absolute Gasteiger partial charge is 0.0595 e. The molecule has 0 saturated carbocycles. The van der Waals surface area contributed by atoms with Gasteiger partial charge < -0.3 is 18.7 Å². The zero-order valence-corrected chi connectivity index (χ0v) is 87.5. The van der Waals surface area contributed by atoms with E-state index in [-0.39, 0.29) is 60.3 Å². The van der Waals surface area contributed by atoms with Crippen molar-refractivity contribution in [3.05, 3.63) is 504 Å². The van der Waals surface area contributed by atoms with Crippen LogP contribution in [0.25, 0.3) is 169 Å². The Labute approximate surface area is 865 Å². The number of fused-ring (bicyclic) bond motifs is 15. The molecular formula is C123H80Ir3N6P3S4-3. The van der Waals surface area contributed by atoms with E-state index in [0.717, 1.165) is 115 Å². The molecule has 0 amide bonds. The predicted molar refractivity (Wildman–Crippen MR) is 592 cm³/mol. The van der Waals surface area contributed by atoms with Gasteiger partial charge in [0.2, 0.25) is 0 Å². The standard InChI is InChI=1S/C51H33N3PS.C45H28N2PS2.C27H19NPS.3Ir/c56-55(41-14-11-13-36(34-41)47-33-24-35-12-1-6-19-46(35)52-47,39-29-25-37(26-30-39)53-48-20-7-2-15-42(48)43-16-3-8-21-49(43)53)40-31-27-38(28-32-40)54-50-22-9-4-17-44(50)45-18-5-10-23-51(45)54;49-48(33-13-2-1-3-14-33,35-15-10-12-31(27-35)41-26-21-30-11-4-7-18-40(30)46-41)34-24-22-32(23-25-34)47-42-19-8-5-16-36(42)38-29-45-39(28-43(38)47)37-17-6-9-20-44(37)50-45;30-29(24-11-3-1-4-12-24,25-13-5-2-6-14-25)26-17-15-21(16-18-26)27-19-22-9-7-8-10-23(22)20-28-27;;;/h1-12,14-34H;1-11,13-29H;1-15,17-20H;;;/q3*-1;;;. The fraction of sp³-hybridized carbons (Fsp3) is 0. The Bertz CT molecular complexity index is 8990. The Morgan fingerprint density at radius 3 is 0.993 bits per heavy atom. The normalized spacial score (nSPS) is 12.0. The minimum Gasteiger partial charge on any atom is -0.309 e. The van der Waals surface area contributed by atoms with E-state index in [9.17, 15) is 0 Å². The molecule has 0 saturated heterocycles. The summed E-state index contributed by atoms with van der Waals surface area (Å²) in [5.41, 5.74) is 18.0. The fourth-order valence-corrected chi connectivity index (χ4v) is 31.8. The monoisotopic (exact) mass is 2440 g/mol. The van der Waals surface area contributed by atoms with Crippen LogP contribution in [0.1, 0.15) is 0 Å². The molecule has 671 valence electrons. The van der Waals surface area contributed by atoms with E-state index in [1.54, 1.807) is 0 Å². The van der Waals surface area contributed by atoms with Gasteiger partial charge in [0.15, 0.2) is 0 Å². The molecule has 139 heavy (non-hydrogen) atoms. The maximum absolute atomic E-state index is 7.05. The van der Waals surface area contributed by atoms with E-state index >= 15 is 0 Å². The van der Waals surface area contributed by atoms with Crippen LogP contribution >= 0.6 is 29.5 Å². The second kappa shape index (κ2) is 39.3. The number of rotatable bonds is 15. The van der Waals surface area contributed by atoms with Gasteiger partial charge in [0.25, 0.3) is 0 Å². The third kappa shape index (κ3) is 16.8. The molecule has 3 radical (unpaired) electrons. The first kappa shape index (κ1) is 92.3. The molecule has 1 atom stereocenters. The average Bonchev–Trinajstić information content (AvgIpc) is 1.55. The van der Waals surface area contributed by atoms with Crippen LogP contribution in [0.3, 0.4) is 0 Å². The third-order valence-corrected chi connectivity index (χ3v) is 42.2. The van der Waals surface area contributed by atoms with Crippen molar-refractivity contribution < 1.29 is 60.3 Å². The summed E-state index contributed by atoms with van der Waals surface area (Å²) >= 11 is 22.2. The summed E-state index contributed by atoms with van der Waals surface area (Å²) < 4.78 is 9.77. The molecule has 7 heterocycles. The molecule has 7 aromatic heterocycles. The van der Waals surface area contributed by atoms with E-state index in [0.29, 0.717) is 0 Å². The summed E-state index contributed by atoms with van der Waals surface area (Å²) in [5.74, 6) is 0. The summed E-state index contributed by atoms with van der Waals surface area (Å²) in [6.45, 7) is 0. The Balaban J connectivity index is 0.000000128. The maximum Gasteiger partial charge on any atom is 0.0595 e. The molecule has 19 aromatic carbocycles. The number of para-hydroxylation sites is 7. The summed E-state index contributed by atoms with van der Waals surface area (Å²) in [6.07, 6.45) is 1.92. The molecule has 26 aromatic rings. The van der Waals surface area contributed by atoms with Crippen LogP contribution in [-0.4, -0.2) is 28.7 Å². The van der Waals surface area contributed by atoms with Gasteiger partial charge in [-0.2, -0.15) is 0 Å². The molecule has 16 heteroatoms. The largest absolute Gasteiger partial charge is 0.309 e. The van der Waals surface area contributed by atoms with Crippen LogP contribution in [0.2, 0.25) is 0 Å². The molecule has 0 bridgehead atoms. The molecule has 0 fully saturated rings. The Morgan fingerprint density at radius 1 is 0.223 bits per heavy atom. The Kier molecular flexibility index (Phi) is 26.1. The number of benzene rings is 19. The average molecular weight is 2440 g/mol. The molecule has 0 aliphatic heterocycles. The molecule has 26 rings (SSSR count). The maximum atomic E-state index is 7.05. The number of pyridine rings is 3. The summed E-state index contributed by atoms with van der Waals surface area (Å²) in [5, 5.41) is 25.0. The number of hydrogen-bond acceptors (Lipinski definition) is 7. The topological polar surface area (TPSA) is 53.5 Å². The fourth-order valence-electron chi connectivity index (χ4n) is 19.6. The van der Waals surface area contributed by atoms with Gasteiger partial charge in [-0.1, -0.05) is 379 Å². The van der Waals surface area contributed by atoms with Crippen LogP contribution < -0.4 is 47.7 Å². The van der Waals surface area contributed by atoms with Gasteiger partial charge in [0, 0.05) is 154 Å². The summed E-state index contributed by atoms with van der Waals surface area (Å²) in [6, 6.07) is 173. The molecule has 0 spiro atoms. The third-order valence-electron chi connectivity index (χ3n) is 26.2. The molecule has 0 aliphatic rings. The van der Waals surface area contributed by atoms with Crippen molar-refractivity contribution in [3.8, 4) is 50.8 Å². The van der Waals surface area contributed by atoms with Gasteiger partial charge in [0.05, 0.1) is 44.1 Å². The van der Waals surface area contributed by atoms with Crippen LogP contribution in [0.15, 0.2) is 485 Å². The first-order chi connectivity index (χ1) is 67.0. The van der Waals surface area contributed by atoms with Crippen molar-refractivity contribution in [2.45, 2.75) is 0 Å². The number of nitrogens with zero attached hydrogens (tertiary/aromatic N) is 6. The minimum atomic E-state index is -2.59. The van der Waals surface area contributed by atoms with Crippen LogP contribution in [0.4, 0.5) is 0 Å². The SMILES string of the molecule is S=P(c1c[c-]c(-c2cc3ccccc3cn2)cc1)(c1ccccc1)c1ccccc1.S=P(c1ccc(-n2c3ccccc3c3ccccc32)cc1)(c1ccc(-n2c3ccccc3c3ccccc32)cc1)c1cc[c-]c(-c2ccc3ccccc3n2)c1.S=P(c1ccccc1)(c1ccc(-n2c3ccccc3c3cc4sc5ccccc5c4cc32)cc1)c1cc[c-]c(-c2ccc3ccccc3n2)c1.[Ir].[Ir].[Ir]. The molecule has 1 unspecified atom stereocenters. The van der Waals surface area contributed by atoms with Crippen LogP contribution in [0.5, 0.6) is 0 Å². The van der Waals surface area contributed by atoms with E-state index in [1.807, 2.05) is 72.1 Å². The van der Waals surface area contributed by atoms with Gasteiger partial charge in [-0.25, -0.2) is 0 Å². The number of aromatic nitrogens is 6. The van der Waals surface area contributed by atoms with Gasteiger partial charge in [0.1, 0.15) is 0 Å². The van der Waals surface area contributed by atoms with Crippen molar-refractivity contribution in [2.24, 2.45) is 0 Å². The van der Waals surface area contributed by atoms with Crippen molar-refractivity contribution in [1.82, 2.24) is 28.7 Å². The van der Waals surface area contributed by atoms with Crippen molar-refractivity contribution in [1.29, 1.82) is 0 Å². The van der Waals surface area contributed by atoms with Crippen molar-refractivity contribution >= 4 is 231 Å².